The minimum absolute atomic E-state index is 0.0757. The summed E-state index contributed by atoms with van der Waals surface area (Å²) in [7, 11) is 0. The van der Waals surface area contributed by atoms with Gasteiger partial charge in [0.2, 0.25) is 0 Å². The summed E-state index contributed by atoms with van der Waals surface area (Å²) in [4.78, 5) is 25.2. The second kappa shape index (κ2) is 14.0. The van der Waals surface area contributed by atoms with Gasteiger partial charge in [-0.25, -0.2) is 0 Å². The van der Waals surface area contributed by atoms with Crippen LogP contribution < -0.4 is 0 Å². The van der Waals surface area contributed by atoms with Gasteiger partial charge in [0.15, 0.2) is 5.78 Å². The van der Waals surface area contributed by atoms with Crippen LogP contribution >= 0.6 is 11.8 Å². The molecule has 0 aromatic heterocycles. The third-order valence-corrected chi connectivity index (χ3v) is 8.41. The topological polar surface area (TPSA) is 54.4 Å². The fourth-order valence-corrected chi connectivity index (χ4v) is 5.76. The molecule has 0 aliphatic carbocycles. The Hall–Kier alpha value is -1.39. The lowest BCUT2D eigenvalue weighted by Crippen LogP contribution is -2.46. The molecule has 0 fully saturated rings. The van der Waals surface area contributed by atoms with E-state index in [1.807, 2.05) is 50.3 Å². The second-order valence-corrected chi connectivity index (χ2v) is 10.6. The van der Waals surface area contributed by atoms with Crippen molar-refractivity contribution < 1.29 is 14.7 Å². The van der Waals surface area contributed by atoms with E-state index in [0.717, 1.165) is 43.3 Å². The van der Waals surface area contributed by atoms with Gasteiger partial charge in [-0.1, -0.05) is 71.7 Å². The van der Waals surface area contributed by atoms with Gasteiger partial charge in [-0.15, -0.1) is 18.3 Å². The molecule has 4 unspecified atom stereocenters. The molecule has 3 nitrogen and oxygen atoms in total. The number of Topliss-reactive ketones (excluding diaryl/α,β-unsaturated/α-hetero) is 1. The van der Waals surface area contributed by atoms with Crippen LogP contribution in [0.15, 0.2) is 47.9 Å². The number of rotatable bonds is 17. The molecule has 0 aliphatic heterocycles. The van der Waals surface area contributed by atoms with E-state index in [2.05, 4.69) is 27.4 Å². The molecule has 1 rings (SSSR count). The van der Waals surface area contributed by atoms with Crippen LogP contribution in [0, 0.1) is 23.2 Å². The Labute approximate surface area is 200 Å². The molecular formula is C28H44O3S. The molecule has 0 saturated carbocycles. The second-order valence-electron chi connectivity index (χ2n) is 9.58. The van der Waals surface area contributed by atoms with E-state index in [0.29, 0.717) is 24.7 Å². The highest BCUT2D eigenvalue weighted by atomic mass is 32.2. The van der Waals surface area contributed by atoms with Gasteiger partial charge in [0.1, 0.15) is 11.9 Å². The van der Waals surface area contributed by atoms with Crippen LogP contribution in [0.1, 0.15) is 79.6 Å². The highest BCUT2D eigenvalue weighted by Crippen LogP contribution is 2.44. The fourth-order valence-electron chi connectivity index (χ4n) is 4.86. The van der Waals surface area contributed by atoms with E-state index < -0.39 is 5.60 Å². The van der Waals surface area contributed by atoms with E-state index in [9.17, 15) is 14.7 Å². The predicted molar refractivity (Wildman–Crippen MR) is 137 cm³/mol. The molecular weight excluding hydrogens is 416 g/mol. The number of aldehydes is 1. The SMILES string of the molecule is C=CC(C)(CCC=O)C(CCC(C)[C@](O)(CCC)C(=O)CSc1ccccc1)C(C)CC. The predicted octanol–water partition coefficient (Wildman–Crippen LogP) is 7.13. The summed E-state index contributed by atoms with van der Waals surface area (Å²) in [5.41, 5.74) is -1.43. The quantitative estimate of drug-likeness (QED) is 0.153. The smallest absolute Gasteiger partial charge is 0.174 e. The number of carbonyl (C=O) groups is 2. The first-order valence-corrected chi connectivity index (χ1v) is 13.2. The molecule has 1 aromatic carbocycles. The summed E-state index contributed by atoms with van der Waals surface area (Å²) in [5.74, 6) is 0.905. The average molecular weight is 461 g/mol. The Balaban J connectivity index is 2.94. The minimum Gasteiger partial charge on any atom is -0.382 e. The van der Waals surface area contributed by atoms with Crippen molar-refractivity contribution >= 4 is 23.8 Å². The van der Waals surface area contributed by atoms with Crippen LogP contribution in [-0.2, 0) is 9.59 Å². The first kappa shape index (κ1) is 28.6. The van der Waals surface area contributed by atoms with Gasteiger partial charge in [-0.05, 0) is 61.0 Å². The lowest BCUT2D eigenvalue weighted by Gasteiger charge is -2.41. The standard InChI is InChI=1S/C28H44O3S/c1-7-18-28(31,26(30)21-32-24-14-11-10-12-15-24)23(5)16-17-25(22(4)8-2)27(6,9-3)19-13-20-29/h9-12,14-15,20,22-23,25,31H,3,7-8,13,16-19,21H2,1-2,4-6H3/t22?,23?,25?,27?,28-/m1/s1. The van der Waals surface area contributed by atoms with Crippen LogP contribution in [-0.4, -0.2) is 28.5 Å². The Morgan fingerprint density at radius 3 is 2.34 bits per heavy atom. The number of thioether (sulfide) groups is 1. The van der Waals surface area contributed by atoms with E-state index in [-0.39, 0.29) is 22.9 Å². The van der Waals surface area contributed by atoms with Crippen molar-refractivity contribution in [1.29, 1.82) is 0 Å². The molecule has 0 amide bonds. The maximum absolute atomic E-state index is 13.2. The monoisotopic (exact) mass is 460 g/mol. The van der Waals surface area contributed by atoms with E-state index in [1.165, 1.54) is 11.8 Å². The van der Waals surface area contributed by atoms with Crippen LogP contribution in [0.2, 0.25) is 0 Å². The molecule has 1 aromatic rings. The molecule has 0 radical (unpaired) electrons. The summed E-state index contributed by atoms with van der Waals surface area (Å²) in [6.07, 6.45) is 8.30. The summed E-state index contributed by atoms with van der Waals surface area (Å²) in [5, 5.41) is 11.5. The largest absolute Gasteiger partial charge is 0.382 e. The number of ketones is 1. The van der Waals surface area contributed by atoms with Gasteiger partial charge in [0.25, 0.3) is 0 Å². The third-order valence-electron chi connectivity index (χ3n) is 7.40. The molecule has 180 valence electrons. The lowest BCUT2D eigenvalue weighted by atomic mass is 9.65. The van der Waals surface area contributed by atoms with Crippen molar-refractivity contribution in [3.63, 3.8) is 0 Å². The minimum atomic E-state index is -1.30. The van der Waals surface area contributed by atoms with Crippen LogP contribution in [0.3, 0.4) is 0 Å². The molecule has 32 heavy (non-hydrogen) atoms. The highest BCUT2D eigenvalue weighted by Gasteiger charge is 2.41. The summed E-state index contributed by atoms with van der Waals surface area (Å²) in [6, 6.07) is 9.87. The van der Waals surface area contributed by atoms with Gasteiger partial charge in [0, 0.05) is 11.3 Å². The van der Waals surface area contributed by atoms with Crippen molar-refractivity contribution in [3.05, 3.63) is 43.0 Å². The summed E-state index contributed by atoms with van der Waals surface area (Å²) < 4.78 is 0. The number of aliphatic hydroxyl groups is 1. The van der Waals surface area contributed by atoms with Crippen molar-refractivity contribution in [2.24, 2.45) is 23.2 Å². The molecule has 4 heteroatoms. The number of hydrogen-bond donors (Lipinski definition) is 1. The number of hydrogen-bond acceptors (Lipinski definition) is 4. The van der Waals surface area contributed by atoms with Crippen molar-refractivity contribution in [1.82, 2.24) is 0 Å². The van der Waals surface area contributed by atoms with Crippen molar-refractivity contribution in [3.8, 4) is 0 Å². The molecule has 1 N–H and O–H groups in total. The van der Waals surface area contributed by atoms with E-state index >= 15 is 0 Å². The Morgan fingerprint density at radius 1 is 1.16 bits per heavy atom. The molecule has 0 bridgehead atoms. The van der Waals surface area contributed by atoms with E-state index in [4.69, 9.17) is 0 Å². The summed E-state index contributed by atoms with van der Waals surface area (Å²) >= 11 is 1.49. The number of benzene rings is 1. The van der Waals surface area contributed by atoms with Crippen LogP contribution in [0.25, 0.3) is 0 Å². The molecule has 0 heterocycles. The molecule has 5 atom stereocenters. The van der Waals surface area contributed by atoms with Crippen LogP contribution in [0.4, 0.5) is 0 Å². The Morgan fingerprint density at radius 2 is 1.81 bits per heavy atom. The van der Waals surface area contributed by atoms with Crippen LogP contribution in [0.5, 0.6) is 0 Å². The number of allylic oxidation sites excluding steroid dienone is 1. The third kappa shape index (κ3) is 7.88. The molecule has 0 spiro atoms. The van der Waals surface area contributed by atoms with Gasteiger partial charge in [0.05, 0.1) is 5.75 Å². The average Bonchev–Trinajstić information content (AvgIpc) is 2.81. The van der Waals surface area contributed by atoms with Gasteiger partial charge >= 0.3 is 0 Å². The normalized spacial score (nSPS) is 18.1. The maximum atomic E-state index is 13.2. The first-order valence-electron chi connectivity index (χ1n) is 12.2. The lowest BCUT2D eigenvalue weighted by molar-refractivity contribution is -0.141. The zero-order chi connectivity index (χ0) is 24.2. The summed E-state index contributed by atoms with van der Waals surface area (Å²) in [6.45, 7) is 14.8. The Bertz CT molecular complexity index is 704. The van der Waals surface area contributed by atoms with Crippen molar-refractivity contribution in [2.45, 2.75) is 90.1 Å². The first-order chi connectivity index (χ1) is 15.2. The zero-order valence-corrected chi connectivity index (χ0v) is 21.6. The number of carbonyl (C=O) groups excluding carboxylic acids is 2. The fraction of sp³-hybridized carbons (Fsp3) is 0.643. The van der Waals surface area contributed by atoms with Crippen molar-refractivity contribution in [2.75, 3.05) is 5.75 Å². The van der Waals surface area contributed by atoms with Gasteiger partial charge in [-0.2, -0.15) is 0 Å². The van der Waals surface area contributed by atoms with Gasteiger partial charge in [-0.3, -0.25) is 4.79 Å². The van der Waals surface area contributed by atoms with E-state index in [1.54, 1.807) is 0 Å². The molecule has 0 aliphatic rings. The Kier molecular flexibility index (Phi) is 12.5. The highest BCUT2D eigenvalue weighted by molar-refractivity contribution is 8.00. The zero-order valence-electron chi connectivity index (χ0n) is 20.8. The molecule has 0 saturated heterocycles. The maximum Gasteiger partial charge on any atom is 0.174 e. The van der Waals surface area contributed by atoms with Gasteiger partial charge < -0.3 is 9.90 Å².